The van der Waals surface area contributed by atoms with Gasteiger partial charge in [0.15, 0.2) is 0 Å². The molecule has 0 bridgehead atoms. The Labute approximate surface area is 232 Å². The maximum Gasteiger partial charge on any atom is 0.416 e. The van der Waals surface area contributed by atoms with Crippen LogP contribution in [0.3, 0.4) is 0 Å². The number of hydrogen-bond acceptors (Lipinski definition) is 5. The van der Waals surface area contributed by atoms with E-state index in [1.807, 2.05) is 13.8 Å². The summed E-state index contributed by atoms with van der Waals surface area (Å²) in [5, 5.41) is 7.07. The van der Waals surface area contributed by atoms with Crippen molar-refractivity contribution in [3.05, 3.63) is 98.4 Å². The molecule has 40 heavy (non-hydrogen) atoms. The van der Waals surface area contributed by atoms with Crippen molar-refractivity contribution < 1.29 is 27.6 Å². The Balaban J connectivity index is 1.46. The molecule has 0 radical (unpaired) electrons. The zero-order chi connectivity index (χ0) is 28.8. The Morgan fingerprint density at radius 3 is 2.23 bits per heavy atom. The maximum atomic E-state index is 13.8. The molecular weight excluding hydrogens is 541 g/mol. The van der Waals surface area contributed by atoms with Gasteiger partial charge in [0.2, 0.25) is 0 Å². The number of nitrogens with one attached hydrogen (secondary N) is 1. The van der Waals surface area contributed by atoms with E-state index in [1.165, 1.54) is 41.7 Å². The monoisotopic (exact) mass is 566 g/mol. The van der Waals surface area contributed by atoms with Gasteiger partial charge in [0.25, 0.3) is 17.7 Å². The van der Waals surface area contributed by atoms with E-state index < -0.39 is 35.5 Å². The summed E-state index contributed by atoms with van der Waals surface area (Å²) >= 11 is 1.25. The normalized spacial score (nSPS) is 14.0. The number of benzene rings is 2. The Morgan fingerprint density at radius 1 is 1.00 bits per heavy atom. The number of carbonyl (C=O) groups is 3. The fourth-order valence-electron chi connectivity index (χ4n) is 5.05. The van der Waals surface area contributed by atoms with Crippen LogP contribution in [0.1, 0.15) is 52.0 Å². The molecule has 2 aromatic carbocycles. The van der Waals surface area contributed by atoms with Crippen LogP contribution < -0.4 is 5.32 Å². The SMILES string of the molecule is Cc1cnn(C)c1-c1cc(C(=O)N[C@@H](Cc2ccccc2C(F)(F)F)CN2C(=O)c3ccccc3C2=O)sc1C. The Hall–Kier alpha value is -4.25. The summed E-state index contributed by atoms with van der Waals surface area (Å²) in [5.74, 6) is -1.61. The van der Waals surface area contributed by atoms with Crippen LogP contribution in [0.25, 0.3) is 11.3 Å². The first-order valence-electron chi connectivity index (χ1n) is 12.5. The van der Waals surface area contributed by atoms with Crippen LogP contribution in [0.4, 0.5) is 13.2 Å². The van der Waals surface area contributed by atoms with Crippen molar-refractivity contribution >= 4 is 29.1 Å². The number of imide groups is 1. The van der Waals surface area contributed by atoms with Crippen LogP contribution in [0.15, 0.2) is 60.8 Å². The van der Waals surface area contributed by atoms with Crippen molar-refractivity contribution in [1.29, 1.82) is 0 Å². The molecular formula is C29H25F3N4O3S. The number of nitrogens with zero attached hydrogens (tertiary/aromatic N) is 3. The minimum Gasteiger partial charge on any atom is -0.346 e. The summed E-state index contributed by atoms with van der Waals surface area (Å²) in [4.78, 5) is 41.7. The van der Waals surface area contributed by atoms with Crippen molar-refractivity contribution in [2.75, 3.05) is 6.54 Å². The van der Waals surface area contributed by atoms with Crippen molar-refractivity contribution in [3.63, 3.8) is 0 Å². The molecule has 3 amide bonds. The van der Waals surface area contributed by atoms with Crippen molar-refractivity contribution in [2.45, 2.75) is 32.5 Å². The number of aromatic nitrogens is 2. The number of halogens is 3. The molecule has 1 aliphatic heterocycles. The molecule has 5 rings (SSSR count). The van der Waals surface area contributed by atoms with E-state index in [9.17, 15) is 27.6 Å². The highest BCUT2D eigenvalue weighted by Crippen LogP contribution is 2.34. The number of fused-ring (bicyclic) bond motifs is 1. The molecule has 0 spiro atoms. The third-order valence-corrected chi connectivity index (χ3v) is 7.97. The summed E-state index contributed by atoms with van der Waals surface area (Å²) in [6.07, 6.45) is -3.13. The Kier molecular flexibility index (Phi) is 7.09. The fourth-order valence-corrected chi connectivity index (χ4v) is 5.97. The average molecular weight is 567 g/mol. The predicted molar refractivity (Wildman–Crippen MR) is 144 cm³/mol. The molecule has 0 fully saturated rings. The second kappa shape index (κ2) is 10.4. The van der Waals surface area contributed by atoms with Gasteiger partial charge in [-0.1, -0.05) is 30.3 Å². The molecule has 2 aromatic heterocycles. The number of alkyl halides is 3. The largest absolute Gasteiger partial charge is 0.416 e. The standard InChI is InChI=1S/C29H25F3N4O3S/c1-16-14-33-35(3)25(16)22-13-24(40-17(22)2)26(37)34-19(12-18-8-4-7-11-23(18)29(30,31)32)15-36-27(38)20-9-5-6-10-21(20)28(36)39/h4-11,13-14,19H,12,15H2,1-3H3,(H,34,37)/t19-/m0/s1. The molecule has 4 aromatic rings. The molecule has 0 aliphatic carbocycles. The molecule has 1 atom stereocenters. The van der Waals surface area contributed by atoms with Crippen LogP contribution in [-0.2, 0) is 19.6 Å². The van der Waals surface area contributed by atoms with E-state index in [0.29, 0.717) is 4.88 Å². The summed E-state index contributed by atoms with van der Waals surface area (Å²) in [6, 6.07) is 12.1. The molecule has 11 heteroatoms. The van der Waals surface area contributed by atoms with Gasteiger partial charge in [-0.2, -0.15) is 18.3 Å². The third-order valence-electron chi connectivity index (χ3n) is 6.92. The second-order valence-corrected chi connectivity index (χ2v) is 10.9. The van der Waals surface area contributed by atoms with E-state index in [4.69, 9.17) is 0 Å². The molecule has 206 valence electrons. The summed E-state index contributed by atoms with van der Waals surface area (Å²) in [7, 11) is 1.80. The van der Waals surface area contributed by atoms with E-state index in [1.54, 1.807) is 36.1 Å². The zero-order valence-electron chi connectivity index (χ0n) is 21.9. The maximum absolute atomic E-state index is 13.8. The predicted octanol–water partition coefficient (Wildman–Crippen LogP) is 5.42. The zero-order valence-corrected chi connectivity index (χ0v) is 22.7. The number of hydrogen-bond donors (Lipinski definition) is 1. The van der Waals surface area contributed by atoms with Gasteiger partial charge >= 0.3 is 6.18 Å². The van der Waals surface area contributed by atoms with Gasteiger partial charge in [-0.05, 0) is 55.7 Å². The number of thiophene rings is 1. The molecule has 1 aliphatic rings. The van der Waals surface area contributed by atoms with Gasteiger partial charge in [-0.15, -0.1) is 11.3 Å². The van der Waals surface area contributed by atoms with Crippen molar-refractivity contribution in [1.82, 2.24) is 20.0 Å². The van der Waals surface area contributed by atoms with Crippen molar-refractivity contribution in [2.24, 2.45) is 7.05 Å². The molecule has 7 nitrogen and oxygen atoms in total. The molecule has 0 saturated heterocycles. The highest BCUT2D eigenvalue weighted by molar-refractivity contribution is 7.14. The number of aryl methyl sites for hydroxylation is 3. The minimum absolute atomic E-state index is 0.0505. The first-order chi connectivity index (χ1) is 19.0. The van der Waals surface area contributed by atoms with Gasteiger partial charge in [0.1, 0.15) is 0 Å². The van der Waals surface area contributed by atoms with Crippen LogP contribution in [-0.4, -0.2) is 45.0 Å². The molecule has 3 heterocycles. The van der Waals surface area contributed by atoms with Gasteiger partial charge in [-0.3, -0.25) is 24.0 Å². The first-order valence-corrected chi connectivity index (χ1v) is 13.3. The van der Waals surface area contributed by atoms with Crippen LogP contribution in [0, 0.1) is 13.8 Å². The van der Waals surface area contributed by atoms with Crippen LogP contribution in [0.5, 0.6) is 0 Å². The quantitative estimate of drug-likeness (QED) is 0.303. The average Bonchev–Trinajstić information content (AvgIpc) is 3.53. The first kappa shape index (κ1) is 27.3. The van der Waals surface area contributed by atoms with E-state index in [0.717, 1.165) is 32.7 Å². The lowest BCUT2D eigenvalue weighted by atomic mass is 9.99. The van der Waals surface area contributed by atoms with E-state index in [-0.39, 0.29) is 29.7 Å². The van der Waals surface area contributed by atoms with Gasteiger partial charge in [0, 0.05) is 24.0 Å². The molecule has 1 N–H and O–H groups in total. The van der Waals surface area contributed by atoms with Crippen LogP contribution >= 0.6 is 11.3 Å². The summed E-state index contributed by atoms with van der Waals surface area (Å²) in [6.45, 7) is 3.50. The topological polar surface area (TPSA) is 84.3 Å². The number of amides is 3. The van der Waals surface area contributed by atoms with E-state index in [2.05, 4.69) is 10.4 Å². The Morgan fingerprint density at radius 2 is 1.62 bits per heavy atom. The minimum atomic E-state index is -4.61. The fraction of sp³-hybridized carbons (Fsp3) is 0.241. The summed E-state index contributed by atoms with van der Waals surface area (Å²) < 4.78 is 43.0. The Bertz CT molecular complexity index is 1580. The third kappa shape index (κ3) is 5.04. The highest BCUT2D eigenvalue weighted by Gasteiger charge is 2.38. The van der Waals surface area contributed by atoms with Gasteiger partial charge < -0.3 is 5.32 Å². The van der Waals surface area contributed by atoms with E-state index >= 15 is 0 Å². The van der Waals surface area contributed by atoms with Crippen LogP contribution in [0.2, 0.25) is 0 Å². The molecule has 0 unspecified atom stereocenters. The van der Waals surface area contributed by atoms with Gasteiger partial charge in [-0.25, -0.2) is 0 Å². The number of rotatable bonds is 7. The van der Waals surface area contributed by atoms with Gasteiger partial charge in [0.05, 0.1) is 39.5 Å². The summed E-state index contributed by atoms with van der Waals surface area (Å²) in [5.41, 5.74) is 2.17. The second-order valence-electron chi connectivity index (χ2n) is 9.68. The number of carbonyl (C=O) groups excluding carboxylic acids is 3. The lowest BCUT2D eigenvalue weighted by molar-refractivity contribution is -0.138. The van der Waals surface area contributed by atoms with Crippen molar-refractivity contribution in [3.8, 4) is 11.3 Å². The molecule has 0 saturated carbocycles. The lowest BCUT2D eigenvalue weighted by Gasteiger charge is -2.25. The lowest BCUT2D eigenvalue weighted by Crippen LogP contribution is -2.47. The smallest absolute Gasteiger partial charge is 0.346 e. The highest BCUT2D eigenvalue weighted by atomic mass is 32.1.